The van der Waals surface area contributed by atoms with Crippen LogP contribution in [-0.2, 0) is 19.3 Å². The normalized spacial score (nSPS) is 14.2. The number of aryl methyl sites for hydroxylation is 5. The van der Waals surface area contributed by atoms with Gasteiger partial charge < -0.3 is 44.2 Å². The number of phenolic OH excluding ortho intramolecular Hbond substituents is 3. The van der Waals surface area contributed by atoms with E-state index in [2.05, 4.69) is 39.0 Å². The lowest BCUT2D eigenvalue weighted by Crippen LogP contribution is -2.47. The van der Waals surface area contributed by atoms with Crippen molar-refractivity contribution in [1.29, 1.82) is 0 Å². The van der Waals surface area contributed by atoms with Crippen molar-refractivity contribution in [3.63, 3.8) is 0 Å². The molecular weight excluding hydrogens is 1390 g/mol. The molecule has 0 amide bonds. The number of nitrogens with zero attached hydrogens (tertiary/aromatic N) is 3. The third kappa shape index (κ3) is 18.0. The number of fused-ring (bicyclic) bond motifs is 3. The number of phenols is 3. The summed E-state index contributed by atoms with van der Waals surface area (Å²) < 4.78 is 73.1. The molecule has 3 aromatic heterocycles. The third-order valence-corrected chi connectivity index (χ3v) is 22.7. The first-order valence-electron chi connectivity index (χ1n) is 35.5. The second-order valence-electron chi connectivity index (χ2n) is 27.4. The molecule has 9 aromatic carbocycles. The average Bonchev–Trinajstić information content (AvgIpc) is 1.64. The van der Waals surface area contributed by atoms with Gasteiger partial charge in [0.15, 0.2) is 17.2 Å². The lowest BCUT2D eigenvalue weighted by atomic mass is 10.0. The van der Waals surface area contributed by atoms with Gasteiger partial charge in [0.25, 0.3) is 0 Å². The van der Waals surface area contributed by atoms with Crippen LogP contribution < -0.4 is 14.2 Å². The van der Waals surface area contributed by atoms with Crippen molar-refractivity contribution in [3.8, 4) is 51.7 Å². The van der Waals surface area contributed by atoms with Crippen molar-refractivity contribution in [2.75, 3.05) is 78.9 Å². The van der Waals surface area contributed by atoms with Crippen LogP contribution in [0.4, 0.5) is 17.6 Å². The third-order valence-electron chi connectivity index (χ3n) is 19.3. The predicted octanol–water partition coefficient (Wildman–Crippen LogP) is 20.1. The van der Waals surface area contributed by atoms with Crippen LogP contribution in [0.2, 0.25) is 0 Å². The Morgan fingerprint density at radius 2 is 0.743 bits per heavy atom. The van der Waals surface area contributed by atoms with E-state index in [1.807, 2.05) is 111 Å². The van der Waals surface area contributed by atoms with Crippen molar-refractivity contribution >= 4 is 81.6 Å². The fourth-order valence-electron chi connectivity index (χ4n) is 13.4. The molecule has 15 rings (SSSR count). The molecule has 3 fully saturated rings. The maximum Gasteiger partial charge on any atom is 0.209 e. The molecule has 6 heterocycles. The summed E-state index contributed by atoms with van der Waals surface area (Å²) >= 11 is 3.83. The molecule has 540 valence electrons. The van der Waals surface area contributed by atoms with Crippen molar-refractivity contribution in [2.45, 2.75) is 52.4 Å². The highest BCUT2D eigenvalue weighted by Crippen LogP contribution is 2.46. The Bertz CT molecular complexity index is 4800. The number of likely N-dealkylation sites (tertiary alicyclic amines) is 3. The first-order valence-corrected chi connectivity index (χ1v) is 37.9. The van der Waals surface area contributed by atoms with Gasteiger partial charge in [-0.15, -0.1) is 34.0 Å². The van der Waals surface area contributed by atoms with E-state index in [1.165, 1.54) is 68.9 Å². The molecule has 3 N–H and O–H groups in total. The first kappa shape index (κ1) is 73.6. The van der Waals surface area contributed by atoms with Crippen molar-refractivity contribution < 1.29 is 61.5 Å². The van der Waals surface area contributed by atoms with Crippen LogP contribution >= 0.6 is 34.0 Å². The lowest BCUT2D eigenvalue weighted by molar-refractivity contribution is 0.0801. The number of hydrogen-bond acceptors (Lipinski definition) is 15. The van der Waals surface area contributed by atoms with E-state index in [-0.39, 0.29) is 77.0 Å². The number of benzene rings is 9. The number of ether oxygens (including phenoxy) is 3. The van der Waals surface area contributed by atoms with Gasteiger partial charge in [0.1, 0.15) is 54.9 Å². The summed E-state index contributed by atoms with van der Waals surface area (Å²) in [4.78, 5) is 48.3. The Hall–Kier alpha value is -9.73. The standard InChI is InChI=1S/2C29H28FNO3S.C28H25F2NO3S/c1-19-4-8-22(9-5-19)27(33)29-28(25-13-10-23(32)15-26(25)35-29)34-24-11-6-20(7-12-24)3-2-14-31-17-21(16-30)18-31;1-19-5-2-3-7-24(19)27(33)29-28(25-13-10-22(32)15-26(25)35-29)34-23-11-8-20(9-12-23)6-4-14-31-17-21(16-30)18-31;29-15-19-16-31(17-19)13-3-4-18-7-10-21(11-8-18)34-27-23-12-9-20(32)14-25(23)35-28(27)26(33)22-5-1-2-6-24(22)30/h4-13,15,21,32H,2-3,14,16-18H2,1H3;2-3,5,7-13,15,21,32H,4,6,14,16-18H2,1H3;1-2,5-12,14,19,32H,3-4,13,15-17H2. The van der Waals surface area contributed by atoms with Crippen LogP contribution in [0.25, 0.3) is 30.3 Å². The van der Waals surface area contributed by atoms with Gasteiger partial charge >= 0.3 is 0 Å². The van der Waals surface area contributed by atoms with Crippen molar-refractivity contribution in [1.82, 2.24) is 14.7 Å². The van der Waals surface area contributed by atoms with Crippen LogP contribution in [0.5, 0.6) is 51.7 Å². The van der Waals surface area contributed by atoms with Crippen LogP contribution in [0.1, 0.15) is 92.8 Å². The van der Waals surface area contributed by atoms with Crippen molar-refractivity contribution in [3.05, 3.63) is 265 Å². The molecule has 19 heteroatoms. The molecule has 12 nitrogen and oxygen atoms in total. The van der Waals surface area contributed by atoms with E-state index in [0.29, 0.717) is 65.5 Å². The van der Waals surface area contributed by atoms with Gasteiger partial charge in [-0.3, -0.25) is 27.6 Å². The number of thiophene rings is 3. The summed E-state index contributed by atoms with van der Waals surface area (Å²) in [6, 6.07) is 59.5. The molecule has 12 aromatic rings. The van der Waals surface area contributed by atoms with E-state index in [9.17, 15) is 47.3 Å². The largest absolute Gasteiger partial charge is 0.508 e. The summed E-state index contributed by atoms with van der Waals surface area (Å²) in [5, 5.41) is 32.1. The van der Waals surface area contributed by atoms with Gasteiger partial charge in [0, 0.05) is 98.4 Å². The summed E-state index contributed by atoms with van der Waals surface area (Å²) in [6.07, 6.45) is 5.89. The highest BCUT2D eigenvalue weighted by atomic mass is 32.1. The number of aromatic hydroxyl groups is 3. The Kier molecular flexibility index (Phi) is 23.8. The zero-order chi connectivity index (χ0) is 73.1. The highest BCUT2D eigenvalue weighted by Gasteiger charge is 2.30. The Labute approximate surface area is 619 Å². The fraction of sp³-hybridized carbons (Fsp3) is 0.267. The van der Waals surface area contributed by atoms with Gasteiger partial charge in [-0.25, -0.2) is 4.39 Å². The van der Waals surface area contributed by atoms with Crippen LogP contribution in [0, 0.1) is 37.4 Å². The van der Waals surface area contributed by atoms with Gasteiger partial charge in [0.05, 0.1) is 25.6 Å². The summed E-state index contributed by atoms with van der Waals surface area (Å²) in [7, 11) is 0. The Morgan fingerprint density at radius 3 is 1.10 bits per heavy atom. The fourth-order valence-corrected chi connectivity index (χ4v) is 16.8. The number of carbonyl (C=O) groups is 3. The van der Waals surface area contributed by atoms with Gasteiger partial charge in [0.2, 0.25) is 17.3 Å². The van der Waals surface area contributed by atoms with E-state index in [1.54, 1.807) is 60.7 Å². The maximum absolute atomic E-state index is 14.3. The van der Waals surface area contributed by atoms with Crippen LogP contribution in [0.3, 0.4) is 0 Å². The molecule has 0 bridgehead atoms. The monoisotopic (exact) mass is 1470 g/mol. The Balaban J connectivity index is 0.000000140. The SMILES string of the molecule is Cc1ccc(C(=O)c2sc3cc(O)ccc3c2Oc2ccc(CCCN3CC(CF)C3)cc2)cc1.Cc1ccccc1C(=O)c1sc2cc(O)ccc2c1Oc1ccc(CCCN2CC(CF)C2)cc1.O=C(c1ccccc1F)c1sc2cc(O)ccc2c1Oc1ccc(CCCN2CC(CF)C2)cc1. The number of ketones is 3. The van der Waals surface area contributed by atoms with E-state index >= 15 is 0 Å². The molecule has 3 aliphatic rings. The number of halogens is 4. The van der Waals surface area contributed by atoms with E-state index in [4.69, 9.17) is 14.2 Å². The number of carbonyl (C=O) groups excluding carboxylic acids is 3. The van der Waals surface area contributed by atoms with Gasteiger partial charge in [-0.05, 0) is 197 Å². The quantitative estimate of drug-likeness (QED) is 0.0332. The second-order valence-corrected chi connectivity index (χ2v) is 30.5. The first-order chi connectivity index (χ1) is 51.0. The van der Waals surface area contributed by atoms with Gasteiger partial charge in [-0.2, -0.15) is 0 Å². The Morgan fingerprint density at radius 1 is 0.410 bits per heavy atom. The second kappa shape index (κ2) is 34.0. The molecule has 0 saturated carbocycles. The topological polar surface area (TPSA) is 149 Å². The van der Waals surface area contributed by atoms with Gasteiger partial charge in [-0.1, -0.05) is 103 Å². The summed E-state index contributed by atoms with van der Waals surface area (Å²) in [5.41, 5.74) is 6.83. The number of alkyl halides is 3. The number of hydrogen-bond donors (Lipinski definition) is 3. The molecule has 0 atom stereocenters. The molecule has 0 unspecified atom stereocenters. The van der Waals surface area contributed by atoms with E-state index in [0.717, 1.165) is 129 Å². The zero-order valence-corrected chi connectivity index (χ0v) is 60.8. The molecule has 105 heavy (non-hydrogen) atoms. The smallest absolute Gasteiger partial charge is 0.209 e. The lowest BCUT2D eigenvalue weighted by Gasteiger charge is -2.37. The van der Waals surface area contributed by atoms with Crippen LogP contribution in [0.15, 0.2) is 200 Å². The van der Waals surface area contributed by atoms with Crippen LogP contribution in [-0.4, -0.2) is 126 Å². The molecular formula is C86H81F4N3O9S3. The minimum atomic E-state index is -0.591. The minimum Gasteiger partial charge on any atom is -0.508 e. The minimum absolute atomic E-state index is 0.0245. The average molecular weight is 1470 g/mol. The predicted molar refractivity (Wildman–Crippen MR) is 412 cm³/mol. The highest BCUT2D eigenvalue weighted by molar-refractivity contribution is 7.22. The molecule has 3 aliphatic heterocycles. The summed E-state index contributed by atoms with van der Waals surface area (Å²) in [6.45, 7) is 11.4. The maximum atomic E-state index is 14.3. The number of rotatable bonds is 27. The van der Waals surface area contributed by atoms with Crippen molar-refractivity contribution in [2.24, 2.45) is 17.8 Å². The van der Waals surface area contributed by atoms with E-state index < -0.39 is 11.6 Å². The molecule has 0 spiro atoms. The molecule has 0 aliphatic carbocycles. The zero-order valence-electron chi connectivity index (χ0n) is 58.4. The molecule has 0 radical (unpaired) electrons. The molecule has 3 saturated heterocycles. The summed E-state index contributed by atoms with van der Waals surface area (Å²) in [5.74, 6) is 3.10.